The van der Waals surface area contributed by atoms with Crippen molar-refractivity contribution in [2.45, 2.75) is 42.0 Å². The number of hydrogen-bond donors (Lipinski definition) is 2. The fourth-order valence-corrected chi connectivity index (χ4v) is 7.71. The molecule has 11 heteroatoms. The highest BCUT2D eigenvalue weighted by Gasteiger charge is 2.59. The van der Waals surface area contributed by atoms with E-state index < -0.39 is 10.8 Å². The Labute approximate surface area is 271 Å². The van der Waals surface area contributed by atoms with Crippen LogP contribution in [0.1, 0.15) is 35.7 Å². The fourth-order valence-electron chi connectivity index (χ4n) is 6.01. The average Bonchev–Trinajstić information content (AvgIpc) is 3.55. The first-order valence-corrected chi connectivity index (χ1v) is 16.4. The van der Waals surface area contributed by atoms with Crippen molar-refractivity contribution in [3.8, 4) is 0 Å². The van der Waals surface area contributed by atoms with Crippen molar-refractivity contribution < 1.29 is 14.3 Å². The van der Waals surface area contributed by atoms with Crippen LogP contribution in [0.3, 0.4) is 0 Å². The van der Waals surface area contributed by atoms with E-state index in [-0.39, 0.29) is 18.2 Å². The monoisotopic (exact) mass is 651 g/mol. The molecular weight excluding hydrogens is 617 g/mol. The number of thioether (sulfide) groups is 1. The van der Waals surface area contributed by atoms with Crippen molar-refractivity contribution in [2.75, 3.05) is 39.4 Å². The van der Waals surface area contributed by atoms with Gasteiger partial charge < -0.3 is 15.0 Å². The zero-order valence-corrected chi connectivity index (χ0v) is 26.9. The standard InChI is InChI=1S/C33H35Cl2N5O3S/c1-22-3-10-26(11-4-22)44-33(32(42)36-13-2-14-39-15-17-43-18-16-39)20-29(41)40(21-23-5-7-24(34)8-6-23)31(33)30-27-12-9-25(35)19-28(27)37-38-30/h3-12,19,31H,2,13-18,20-21H2,1H3,(H,36,42)(H,37,38)/t31-,33?/m0/s1. The summed E-state index contributed by atoms with van der Waals surface area (Å²) in [5.41, 5.74) is 3.42. The first-order valence-electron chi connectivity index (χ1n) is 14.8. The summed E-state index contributed by atoms with van der Waals surface area (Å²) in [7, 11) is 0. The Morgan fingerprint density at radius 1 is 1.07 bits per heavy atom. The quantitative estimate of drug-likeness (QED) is 0.204. The maximum absolute atomic E-state index is 14.6. The summed E-state index contributed by atoms with van der Waals surface area (Å²) in [5.74, 6) is -0.287. The van der Waals surface area contributed by atoms with Gasteiger partial charge in [-0.15, -0.1) is 11.8 Å². The van der Waals surface area contributed by atoms with Gasteiger partial charge in [-0.2, -0.15) is 5.10 Å². The number of morpholine rings is 1. The second-order valence-corrected chi connectivity index (χ2v) is 13.7. The van der Waals surface area contributed by atoms with Crippen LogP contribution in [0.15, 0.2) is 71.6 Å². The van der Waals surface area contributed by atoms with Crippen molar-refractivity contribution in [3.63, 3.8) is 0 Å². The van der Waals surface area contributed by atoms with Crippen LogP contribution in [-0.2, 0) is 20.9 Å². The molecule has 0 spiro atoms. The number of carbonyl (C=O) groups is 2. The summed E-state index contributed by atoms with van der Waals surface area (Å²) < 4.78 is 4.29. The molecule has 1 unspecified atom stereocenters. The molecule has 1 aromatic heterocycles. The number of benzene rings is 3. The highest BCUT2D eigenvalue weighted by atomic mass is 35.5. The minimum atomic E-state index is -1.18. The van der Waals surface area contributed by atoms with Crippen LogP contribution in [0.5, 0.6) is 0 Å². The number of ether oxygens (including phenoxy) is 1. The van der Waals surface area contributed by atoms with E-state index in [4.69, 9.17) is 33.0 Å². The van der Waals surface area contributed by atoms with Crippen LogP contribution in [0.4, 0.5) is 0 Å². The predicted octanol–water partition coefficient (Wildman–Crippen LogP) is 6.02. The number of carbonyl (C=O) groups excluding carboxylic acids is 2. The van der Waals surface area contributed by atoms with Gasteiger partial charge in [-0.05, 0) is 67.9 Å². The zero-order chi connectivity index (χ0) is 30.7. The van der Waals surface area contributed by atoms with Gasteiger partial charge in [0.05, 0.1) is 30.8 Å². The molecule has 2 saturated heterocycles. The van der Waals surface area contributed by atoms with E-state index in [1.807, 2.05) is 73.7 Å². The Kier molecular flexibility index (Phi) is 9.49. The third-order valence-corrected chi connectivity index (χ3v) is 10.2. The maximum Gasteiger partial charge on any atom is 0.239 e. The Morgan fingerprint density at radius 3 is 2.55 bits per heavy atom. The lowest BCUT2D eigenvalue weighted by atomic mass is 9.93. The summed E-state index contributed by atoms with van der Waals surface area (Å²) in [6.45, 7) is 6.98. The highest BCUT2D eigenvalue weighted by Crippen LogP contribution is 2.54. The molecule has 4 aromatic rings. The maximum atomic E-state index is 14.6. The van der Waals surface area contributed by atoms with Crippen LogP contribution in [0.25, 0.3) is 10.9 Å². The molecular formula is C33H35Cl2N5O3S. The number of halogens is 2. The van der Waals surface area contributed by atoms with Crippen molar-refractivity contribution in [2.24, 2.45) is 0 Å². The van der Waals surface area contributed by atoms with Gasteiger partial charge in [0, 0.05) is 46.5 Å². The second kappa shape index (κ2) is 13.5. The molecule has 44 heavy (non-hydrogen) atoms. The largest absolute Gasteiger partial charge is 0.379 e. The smallest absolute Gasteiger partial charge is 0.239 e. The van der Waals surface area contributed by atoms with Gasteiger partial charge in [-0.1, -0.05) is 53.0 Å². The lowest BCUT2D eigenvalue weighted by Crippen LogP contribution is -2.49. The number of fused-ring (bicyclic) bond motifs is 1. The van der Waals surface area contributed by atoms with Crippen molar-refractivity contribution >= 4 is 57.7 Å². The summed E-state index contributed by atoms with van der Waals surface area (Å²) >= 11 is 13.9. The average molecular weight is 653 g/mol. The van der Waals surface area contributed by atoms with Gasteiger partial charge in [0.25, 0.3) is 0 Å². The molecule has 8 nitrogen and oxygen atoms in total. The number of amides is 2. The Balaban J connectivity index is 1.39. The number of aryl methyl sites for hydroxylation is 1. The molecule has 2 aliphatic rings. The van der Waals surface area contributed by atoms with E-state index >= 15 is 0 Å². The molecule has 6 rings (SSSR count). The van der Waals surface area contributed by atoms with Crippen LogP contribution >= 0.6 is 35.0 Å². The summed E-state index contributed by atoms with van der Waals surface area (Å²) in [6, 6.07) is 20.4. The lowest BCUT2D eigenvalue weighted by molar-refractivity contribution is -0.129. The van der Waals surface area contributed by atoms with Crippen molar-refractivity contribution in [1.82, 2.24) is 25.3 Å². The molecule has 3 heterocycles. The molecule has 2 N–H and O–H groups in total. The zero-order valence-electron chi connectivity index (χ0n) is 24.5. The van der Waals surface area contributed by atoms with Gasteiger partial charge in [0.15, 0.2) is 0 Å². The molecule has 3 aromatic carbocycles. The number of rotatable bonds is 10. The SMILES string of the molecule is Cc1ccc(SC2(C(=O)NCCCN3CCOCC3)CC(=O)N(Cc3ccc(Cl)cc3)[C@H]2c2n[nH]c3cc(Cl)ccc23)cc1. The molecule has 2 amide bonds. The van der Waals surface area contributed by atoms with Crippen molar-refractivity contribution in [1.29, 1.82) is 0 Å². The molecule has 0 saturated carbocycles. The first-order chi connectivity index (χ1) is 21.3. The first kappa shape index (κ1) is 30.9. The molecule has 0 bridgehead atoms. The number of nitrogens with one attached hydrogen (secondary N) is 2. The predicted molar refractivity (Wildman–Crippen MR) is 175 cm³/mol. The van der Waals surface area contributed by atoms with Crippen LogP contribution in [-0.4, -0.2) is 76.0 Å². The van der Waals surface area contributed by atoms with Gasteiger partial charge in [-0.25, -0.2) is 0 Å². The minimum Gasteiger partial charge on any atom is -0.379 e. The molecule has 2 aliphatic heterocycles. The molecule has 2 atom stereocenters. The molecule has 2 fully saturated rings. The second-order valence-electron chi connectivity index (χ2n) is 11.4. The van der Waals surface area contributed by atoms with E-state index in [1.165, 1.54) is 11.8 Å². The Hall–Kier alpha value is -3.08. The van der Waals surface area contributed by atoms with Gasteiger partial charge in [-0.3, -0.25) is 19.6 Å². The summed E-state index contributed by atoms with van der Waals surface area (Å²) in [4.78, 5) is 33.7. The fraction of sp³-hybridized carbons (Fsp3) is 0.364. The summed E-state index contributed by atoms with van der Waals surface area (Å²) in [6.07, 6.45) is 0.828. The van der Waals surface area contributed by atoms with Crippen molar-refractivity contribution in [3.05, 3.63) is 93.6 Å². The van der Waals surface area contributed by atoms with Gasteiger partial charge in [0.1, 0.15) is 10.8 Å². The number of H-pyrrole nitrogens is 1. The normalized spacial score (nSPS) is 20.8. The Bertz CT molecular complexity index is 1620. The van der Waals surface area contributed by atoms with E-state index in [2.05, 4.69) is 15.3 Å². The van der Waals surface area contributed by atoms with Gasteiger partial charge >= 0.3 is 0 Å². The number of likely N-dealkylation sites (tertiary alicyclic amines) is 1. The van der Waals surface area contributed by atoms with E-state index in [9.17, 15) is 9.59 Å². The van der Waals surface area contributed by atoms with Crippen LogP contribution < -0.4 is 5.32 Å². The molecule has 230 valence electrons. The number of hydrogen-bond acceptors (Lipinski definition) is 6. The Morgan fingerprint density at radius 2 is 1.80 bits per heavy atom. The topological polar surface area (TPSA) is 90.6 Å². The molecule has 0 radical (unpaired) electrons. The number of aromatic amines is 1. The molecule has 0 aliphatic carbocycles. The highest BCUT2D eigenvalue weighted by molar-refractivity contribution is 8.01. The summed E-state index contributed by atoms with van der Waals surface area (Å²) in [5, 5.41) is 13.1. The van der Waals surface area contributed by atoms with E-state index in [0.29, 0.717) is 28.8 Å². The lowest BCUT2D eigenvalue weighted by Gasteiger charge is -2.35. The minimum absolute atomic E-state index is 0.0288. The van der Waals surface area contributed by atoms with E-state index in [1.54, 1.807) is 4.90 Å². The third kappa shape index (κ3) is 6.62. The van der Waals surface area contributed by atoms with Gasteiger partial charge in [0.2, 0.25) is 11.8 Å². The number of aromatic nitrogens is 2. The third-order valence-electron chi connectivity index (χ3n) is 8.31. The van der Waals surface area contributed by atoms with E-state index in [0.717, 1.165) is 66.2 Å². The van der Waals surface area contributed by atoms with Crippen LogP contribution in [0.2, 0.25) is 10.0 Å². The number of nitrogens with zero attached hydrogens (tertiary/aromatic N) is 3. The van der Waals surface area contributed by atoms with Crippen LogP contribution in [0, 0.1) is 6.92 Å².